The van der Waals surface area contributed by atoms with Crippen molar-refractivity contribution >= 4 is 15.7 Å². The Bertz CT molecular complexity index is 731. The Morgan fingerprint density at radius 1 is 1.11 bits per heavy atom. The number of nitrogens with zero attached hydrogens (tertiary/aromatic N) is 1. The predicted molar refractivity (Wildman–Crippen MR) is 70.1 cm³/mol. The molecule has 0 spiro atoms. The van der Waals surface area contributed by atoms with Crippen LogP contribution in [-0.4, -0.2) is 13.5 Å². The van der Waals surface area contributed by atoms with Gasteiger partial charge < -0.3 is 5.11 Å². The van der Waals surface area contributed by atoms with E-state index in [2.05, 4.69) is 4.72 Å². The van der Waals surface area contributed by atoms with Crippen LogP contribution in [0.1, 0.15) is 5.56 Å². The lowest BCUT2D eigenvalue weighted by atomic mass is 10.2. The molecule has 2 aromatic rings. The fraction of sp³-hybridized carbons (Fsp3) is 0. The maximum atomic E-state index is 12.0. The second-order valence-electron chi connectivity index (χ2n) is 3.79. The Morgan fingerprint density at radius 2 is 1.79 bits per heavy atom. The number of nitriles is 1. The van der Waals surface area contributed by atoms with Crippen LogP contribution in [-0.2, 0) is 10.0 Å². The molecule has 0 amide bonds. The maximum absolute atomic E-state index is 12.0. The summed E-state index contributed by atoms with van der Waals surface area (Å²) in [4.78, 5) is 0.0349. The molecule has 96 valence electrons. The quantitative estimate of drug-likeness (QED) is 0.896. The van der Waals surface area contributed by atoms with Crippen molar-refractivity contribution in [3.63, 3.8) is 0 Å². The third-order valence-corrected chi connectivity index (χ3v) is 3.79. The molecule has 0 aliphatic heterocycles. The zero-order valence-corrected chi connectivity index (χ0v) is 10.6. The summed E-state index contributed by atoms with van der Waals surface area (Å²) < 4.78 is 26.4. The van der Waals surface area contributed by atoms with Gasteiger partial charge in [-0.2, -0.15) is 5.26 Å². The first kappa shape index (κ1) is 12.9. The van der Waals surface area contributed by atoms with Gasteiger partial charge in [-0.25, -0.2) is 8.42 Å². The van der Waals surface area contributed by atoms with E-state index in [1.165, 1.54) is 30.3 Å². The molecule has 0 aliphatic rings. The highest BCUT2D eigenvalue weighted by molar-refractivity contribution is 7.92. The van der Waals surface area contributed by atoms with E-state index < -0.39 is 10.0 Å². The highest BCUT2D eigenvalue weighted by Crippen LogP contribution is 2.19. The largest absolute Gasteiger partial charge is 0.508 e. The number of rotatable bonds is 3. The van der Waals surface area contributed by atoms with Gasteiger partial charge in [-0.1, -0.05) is 6.07 Å². The zero-order chi connectivity index (χ0) is 13.9. The minimum Gasteiger partial charge on any atom is -0.508 e. The van der Waals surface area contributed by atoms with Crippen LogP contribution in [0.25, 0.3) is 0 Å². The van der Waals surface area contributed by atoms with Gasteiger partial charge in [0.25, 0.3) is 10.0 Å². The highest BCUT2D eigenvalue weighted by Gasteiger charge is 2.14. The molecule has 0 saturated carbocycles. The fourth-order valence-corrected chi connectivity index (χ4v) is 2.54. The number of nitrogens with one attached hydrogen (secondary N) is 1. The Labute approximate surface area is 110 Å². The van der Waals surface area contributed by atoms with Gasteiger partial charge in [0.05, 0.1) is 22.2 Å². The van der Waals surface area contributed by atoms with Gasteiger partial charge in [-0.05, 0) is 42.5 Å². The van der Waals surface area contributed by atoms with Crippen LogP contribution in [0.2, 0.25) is 0 Å². The summed E-state index contributed by atoms with van der Waals surface area (Å²) in [6, 6.07) is 13.3. The molecular weight excluding hydrogens is 264 g/mol. The Hall–Kier alpha value is -2.52. The van der Waals surface area contributed by atoms with Gasteiger partial charge in [0, 0.05) is 0 Å². The fourth-order valence-electron chi connectivity index (χ4n) is 1.49. The second kappa shape index (κ2) is 5.00. The first-order valence-corrected chi connectivity index (χ1v) is 6.81. The molecule has 0 radical (unpaired) electrons. The van der Waals surface area contributed by atoms with E-state index in [0.717, 1.165) is 0 Å². The zero-order valence-electron chi connectivity index (χ0n) is 9.74. The molecule has 0 aliphatic carbocycles. The number of anilines is 1. The van der Waals surface area contributed by atoms with Gasteiger partial charge in [0.15, 0.2) is 0 Å². The van der Waals surface area contributed by atoms with Gasteiger partial charge in [-0.3, -0.25) is 4.72 Å². The minimum atomic E-state index is -3.73. The molecule has 0 atom stereocenters. The molecule has 2 N–H and O–H groups in total. The first-order chi connectivity index (χ1) is 9.01. The first-order valence-electron chi connectivity index (χ1n) is 5.33. The van der Waals surface area contributed by atoms with Crippen LogP contribution in [0, 0.1) is 11.3 Å². The summed E-state index contributed by atoms with van der Waals surface area (Å²) in [5.41, 5.74) is 0.679. The lowest BCUT2D eigenvalue weighted by Gasteiger charge is -2.08. The topological polar surface area (TPSA) is 90.2 Å². The van der Waals surface area contributed by atoms with Crippen molar-refractivity contribution in [3.05, 3.63) is 54.1 Å². The smallest absolute Gasteiger partial charge is 0.261 e. The van der Waals surface area contributed by atoms with Crippen LogP contribution < -0.4 is 4.72 Å². The number of aromatic hydroxyl groups is 1. The summed E-state index contributed by atoms with van der Waals surface area (Å²) >= 11 is 0. The van der Waals surface area contributed by atoms with Crippen LogP contribution in [0.15, 0.2) is 53.4 Å². The highest BCUT2D eigenvalue weighted by atomic mass is 32.2. The van der Waals surface area contributed by atoms with Gasteiger partial charge in [0.1, 0.15) is 5.75 Å². The van der Waals surface area contributed by atoms with E-state index in [1.807, 2.05) is 6.07 Å². The molecule has 6 heteroatoms. The summed E-state index contributed by atoms with van der Waals surface area (Å²) in [7, 11) is -3.73. The van der Waals surface area contributed by atoms with Gasteiger partial charge in [0.2, 0.25) is 0 Å². The predicted octanol–water partition coefficient (Wildman–Crippen LogP) is 2.06. The number of hydrogen-bond donors (Lipinski definition) is 2. The summed E-state index contributed by atoms with van der Waals surface area (Å²) in [5, 5.41) is 17.9. The lowest BCUT2D eigenvalue weighted by molar-refractivity contribution is 0.475. The molecule has 5 nitrogen and oxygen atoms in total. The molecule has 0 unspecified atom stereocenters. The monoisotopic (exact) mass is 274 g/mol. The van der Waals surface area contributed by atoms with Crippen molar-refractivity contribution in [2.24, 2.45) is 0 Å². The summed E-state index contributed by atoms with van der Waals surface area (Å²) in [6.45, 7) is 0. The number of benzene rings is 2. The summed E-state index contributed by atoms with van der Waals surface area (Å²) in [6.07, 6.45) is 0. The molecule has 0 heterocycles. The van der Waals surface area contributed by atoms with Crippen LogP contribution in [0.3, 0.4) is 0 Å². The Morgan fingerprint density at radius 3 is 2.42 bits per heavy atom. The van der Waals surface area contributed by atoms with Crippen LogP contribution in [0.5, 0.6) is 5.75 Å². The standard InChI is InChI=1S/C13H10N2O3S/c14-9-10-2-1-3-11(8-10)15-19(17,18)13-6-4-12(16)5-7-13/h1-8,15-16H. The van der Waals surface area contributed by atoms with Gasteiger partial charge in [-0.15, -0.1) is 0 Å². The number of phenolic OH excluding ortho intramolecular Hbond substituents is 1. The molecule has 0 aromatic heterocycles. The van der Waals surface area contributed by atoms with Crippen molar-refractivity contribution in [3.8, 4) is 11.8 Å². The van der Waals surface area contributed by atoms with Crippen LogP contribution >= 0.6 is 0 Å². The van der Waals surface area contributed by atoms with E-state index >= 15 is 0 Å². The average molecular weight is 274 g/mol. The van der Waals surface area contributed by atoms with Gasteiger partial charge >= 0.3 is 0 Å². The summed E-state index contributed by atoms with van der Waals surface area (Å²) in [5.74, 6) is -0.00886. The lowest BCUT2D eigenvalue weighted by Crippen LogP contribution is -2.12. The number of phenols is 1. The number of sulfonamides is 1. The van der Waals surface area contributed by atoms with E-state index in [-0.39, 0.29) is 10.6 Å². The van der Waals surface area contributed by atoms with Crippen molar-refractivity contribution < 1.29 is 13.5 Å². The molecule has 0 fully saturated rings. The maximum Gasteiger partial charge on any atom is 0.261 e. The van der Waals surface area contributed by atoms with Crippen molar-refractivity contribution in [1.82, 2.24) is 0 Å². The third-order valence-electron chi connectivity index (χ3n) is 2.39. The molecule has 2 rings (SSSR count). The average Bonchev–Trinajstić information content (AvgIpc) is 2.39. The van der Waals surface area contributed by atoms with Crippen molar-refractivity contribution in [2.75, 3.05) is 4.72 Å². The SMILES string of the molecule is N#Cc1cccc(NS(=O)(=O)c2ccc(O)cc2)c1. The molecular formula is C13H10N2O3S. The van der Waals surface area contributed by atoms with E-state index in [9.17, 15) is 8.42 Å². The second-order valence-corrected chi connectivity index (χ2v) is 5.47. The molecule has 0 bridgehead atoms. The Kier molecular flexibility index (Phi) is 3.40. The van der Waals surface area contributed by atoms with E-state index in [1.54, 1.807) is 18.2 Å². The van der Waals surface area contributed by atoms with E-state index in [0.29, 0.717) is 11.3 Å². The third kappa shape index (κ3) is 3.03. The normalized spacial score (nSPS) is 10.7. The minimum absolute atomic E-state index is 0.00886. The Balaban J connectivity index is 2.31. The van der Waals surface area contributed by atoms with E-state index in [4.69, 9.17) is 10.4 Å². The molecule has 19 heavy (non-hydrogen) atoms. The van der Waals surface area contributed by atoms with Crippen LogP contribution in [0.4, 0.5) is 5.69 Å². The van der Waals surface area contributed by atoms with Crippen molar-refractivity contribution in [2.45, 2.75) is 4.90 Å². The van der Waals surface area contributed by atoms with Crippen molar-refractivity contribution in [1.29, 1.82) is 5.26 Å². The molecule has 0 saturated heterocycles. The number of hydrogen-bond acceptors (Lipinski definition) is 4. The molecule has 2 aromatic carbocycles.